The Morgan fingerprint density at radius 1 is 1.41 bits per heavy atom. The number of imidazole rings is 1. The van der Waals surface area contributed by atoms with Crippen molar-refractivity contribution in [2.45, 2.75) is 56.0 Å². The van der Waals surface area contributed by atoms with E-state index in [-0.39, 0.29) is 11.2 Å². The number of rotatable bonds is 4. The molecular formula is C17H23N3OS. The summed E-state index contributed by atoms with van der Waals surface area (Å²) >= 11 is 1.52. The molecule has 2 heterocycles. The Balaban J connectivity index is 1.63. The van der Waals surface area contributed by atoms with Gasteiger partial charge in [0.15, 0.2) is 5.16 Å². The van der Waals surface area contributed by atoms with Gasteiger partial charge in [-0.05, 0) is 37.8 Å². The zero-order valence-electron chi connectivity index (χ0n) is 13.2. The van der Waals surface area contributed by atoms with Crippen LogP contribution in [0.3, 0.4) is 0 Å². The largest absolute Gasteiger partial charge is 0.352 e. The molecule has 0 aliphatic heterocycles. The Morgan fingerprint density at radius 2 is 2.23 bits per heavy atom. The number of carbonyl (C=O) groups excluding carboxylic acids is 1. The number of hydrogen-bond donors (Lipinski definition) is 1. The molecule has 0 radical (unpaired) electrons. The number of nitrogens with zero attached hydrogens (tertiary/aromatic N) is 2. The smallest absolute Gasteiger partial charge is 0.233 e. The average Bonchev–Trinajstić information content (AvgIpc) is 2.93. The molecule has 1 amide bonds. The number of pyridine rings is 1. The Hall–Kier alpha value is -1.49. The van der Waals surface area contributed by atoms with Crippen molar-refractivity contribution >= 4 is 23.2 Å². The van der Waals surface area contributed by atoms with Gasteiger partial charge in [-0.3, -0.25) is 9.20 Å². The predicted octanol–water partition coefficient (Wildman–Crippen LogP) is 3.51. The van der Waals surface area contributed by atoms with Crippen LogP contribution in [0, 0.1) is 5.92 Å². The minimum atomic E-state index is -0.139. The maximum Gasteiger partial charge on any atom is 0.233 e. The molecule has 3 atom stereocenters. The van der Waals surface area contributed by atoms with Crippen LogP contribution in [0.15, 0.2) is 35.7 Å². The van der Waals surface area contributed by atoms with Crippen LogP contribution in [0.25, 0.3) is 5.52 Å². The van der Waals surface area contributed by atoms with Gasteiger partial charge in [0.05, 0.1) is 17.0 Å². The van der Waals surface area contributed by atoms with Crippen molar-refractivity contribution in [1.82, 2.24) is 14.7 Å². The molecule has 0 unspecified atom stereocenters. The molecule has 0 aromatic carbocycles. The summed E-state index contributed by atoms with van der Waals surface area (Å²) in [6, 6.07) is 6.33. The number of hydrogen-bond acceptors (Lipinski definition) is 3. The molecule has 5 heteroatoms. The summed E-state index contributed by atoms with van der Waals surface area (Å²) in [6.45, 7) is 4.20. The summed E-state index contributed by atoms with van der Waals surface area (Å²) in [7, 11) is 0. The molecule has 1 fully saturated rings. The highest BCUT2D eigenvalue weighted by molar-refractivity contribution is 8.00. The van der Waals surface area contributed by atoms with E-state index in [2.05, 4.69) is 17.2 Å². The van der Waals surface area contributed by atoms with E-state index in [1.807, 2.05) is 41.9 Å². The lowest BCUT2D eigenvalue weighted by Crippen LogP contribution is -2.44. The maximum atomic E-state index is 12.5. The summed E-state index contributed by atoms with van der Waals surface area (Å²) in [5.41, 5.74) is 1.05. The molecule has 22 heavy (non-hydrogen) atoms. The first-order valence-corrected chi connectivity index (χ1v) is 8.92. The number of aromatic nitrogens is 2. The van der Waals surface area contributed by atoms with E-state index in [0.717, 1.165) is 17.1 Å². The van der Waals surface area contributed by atoms with Gasteiger partial charge in [0.25, 0.3) is 0 Å². The van der Waals surface area contributed by atoms with Crippen molar-refractivity contribution < 1.29 is 4.79 Å². The van der Waals surface area contributed by atoms with Gasteiger partial charge in [0.2, 0.25) is 5.91 Å². The van der Waals surface area contributed by atoms with Crippen LogP contribution in [-0.4, -0.2) is 26.6 Å². The zero-order valence-corrected chi connectivity index (χ0v) is 14.0. The molecule has 0 spiro atoms. The van der Waals surface area contributed by atoms with Gasteiger partial charge in [-0.1, -0.05) is 37.6 Å². The highest BCUT2D eigenvalue weighted by Crippen LogP contribution is 2.26. The molecule has 1 aliphatic rings. The number of fused-ring (bicyclic) bond motifs is 1. The second-order valence-electron chi connectivity index (χ2n) is 6.17. The highest BCUT2D eigenvalue weighted by atomic mass is 32.2. The quantitative estimate of drug-likeness (QED) is 0.878. The number of carbonyl (C=O) groups is 1. The molecular weight excluding hydrogens is 294 g/mol. The van der Waals surface area contributed by atoms with Gasteiger partial charge in [0, 0.05) is 12.2 Å². The fourth-order valence-electron chi connectivity index (χ4n) is 3.05. The van der Waals surface area contributed by atoms with Crippen molar-refractivity contribution in [2.24, 2.45) is 5.92 Å². The summed E-state index contributed by atoms with van der Waals surface area (Å²) < 4.78 is 2.03. The maximum absolute atomic E-state index is 12.5. The second-order valence-corrected chi connectivity index (χ2v) is 7.48. The van der Waals surface area contributed by atoms with Crippen molar-refractivity contribution in [3.63, 3.8) is 0 Å². The van der Waals surface area contributed by atoms with Gasteiger partial charge in [-0.15, -0.1) is 0 Å². The van der Waals surface area contributed by atoms with Gasteiger partial charge in [-0.25, -0.2) is 4.98 Å². The van der Waals surface area contributed by atoms with E-state index >= 15 is 0 Å². The molecule has 3 rings (SSSR count). The molecule has 118 valence electrons. The molecule has 1 saturated carbocycles. The fraction of sp³-hybridized carbons (Fsp3) is 0.529. The lowest BCUT2D eigenvalue weighted by atomic mass is 9.86. The van der Waals surface area contributed by atoms with E-state index in [4.69, 9.17) is 0 Å². The normalized spacial score (nSPS) is 23.4. The van der Waals surface area contributed by atoms with Crippen LogP contribution >= 0.6 is 11.8 Å². The van der Waals surface area contributed by atoms with Crippen molar-refractivity contribution in [3.8, 4) is 0 Å². The summed E-state index contributed by atoms with van der Waals surface area (Å²) in [4.78, 5) is 16.9. The van der Waals surface area contributed by atoms with E-state index < -0.39 is 0 Å². The Morgan fingerprint density at radius 3 is 3.05 bits per heavy atom. The summed E-state index contributed by atoms with van der Waals surface area (Å²) in [6.07, 6.45) is 8.67. The number of thioether (sulfide) groups is 1. The monoisotopic (exact) mass is 317 g/mol. The molecule has 4 nitrogen and oxygen atoms in total. The first-order chi connectivity index (χ1) is 10.6. The zero-order chi connectivity index (χ0) is 15.5. The van der Waals surface area contributed by atoms with Crippen LogP contribution in [0.5, 0.6) is 0 Å². The van der Waals surface area contributed by atoms with Gasteiger partial charge in [0.1, 0.15) is 0 Å². The van der Waals surface area contributed by atoms with Crippen LogP contribution in [0.2, 0.25) is 0 Å². The lowest BCUT2D eigenvalue weighted by Gasteiger charge is -2.30. The lowest BCUT2D eigenvalue weighted by molar-refractivity contribution is -0.121. The molecule has 1 N–H and O–H groups in total. The average molecular weight is 317 g/mol. The third-order valence-electron chi connectivity index (χ3n) is 4.50. The highest BCUT2D eigenvalue weighted by Gasteiger charge is 2.25. The van der Waals surface area contributed by atoms with E-state index in [9.17, 15) is 4.79 Å². The van der Waals surface area contributed by atoms with Crippen LogP contribution < -0.4 is 5.32 Å². The van der Waals surface area contributed by atoms with Crippen molar-refractivity contribution in [2.75, 3.05) is 0 Å². The first-order valence-electron chi connectivity index (χ1n) is 8.04. The number of nitrogens with one attached hydrogen (secondary N) is 1. The Kier molecular flexibility index (Phi) is 4.71. The summed E-state index contributed by atoms with van der Waals surface area (Å²) in [5.74, 6) is 0.707. The minimum absolute atomic E-state index is 0.122. The Bertz CT molecular complexity index is 654. The van der Waals surface area contributed by atoms with Crippen molar-refractivity contribution in [3.05, 3.63) is 30.6 Å². The summed E-state index contributed by atoms with van der Waals surface area (Å²) in [5, 5.41) is 3.96. The topological polar surface area (TPSA) is 46.4 Å². The SMILES string of the molecule is C[C@H](Sc1ncc2ccccn12)C(=O)N[C@@H]1CCCC[C@H]1C. The molecule has 0 bridgehead atoms. The standard InChI is InChI=1S/C17H23N3OS/c1-12-7-3-4-9-15(12)19-16(21)13(2)22-17-18-11-14-8-5-6-10-20(14)17/h5-6,8,10-13,15H,3-4,7,9H2,1-2H3,(H,19,21)/t12-,13+,15-/m1/s1. The predicted molar refractivity (Wildman–Crippen MR) is 90.1 cm³/mol. The second kappa shape index (κ2) is 6.73. The molecule has 2 aromatic heterocycles. The van der Waals surface area contributed by atoms with E-state index in [1.165, 1.54) is 31.0 Å². The van der Waals surface area contributed by atoms with Gasteiger partial charge < -0.3 is 5.32 Å². The van der Waals surface area contributed by atoms with Crippen molar-refractivity contribution in [1.29, 1.82) is 0 Å². The van der Waals surface area contributed by atoms with Crippen LogP contribution in [-0.2, 0) is 4.79 Å². The third kappa shape index (κ3) is 3.29. The Labute approximate surface area is 135 Å². The molecule has 0 saturated heterocycles. The van der Waals surface area contributed by atoms with E-state index in [0.29, 0.717) is 12.0 Å². The van der Waals surface area contributed by atoms with Crippen LogP contribution in [0.1, 0.15) is 39.5 Å². The fourth-order valence-corrected chi connectivity index (χ4v) is 3.93. The molecule has 2 aromatic rings. The molecule has 1 aliphatic carbocycles. The van der Waals surface area contributed by atoms with Gasteiger partial charge >= 0.3 is 0 Å². The minimum Gasteiger partial charge on any atom is -0.352 e. The van der Waals surface area contributed by atoms with E-state index in [1.54, 1.807) is 0 Å². The first kappa shape index (κ1) is 15.4. The number of amides is 1. The van der Waals surface area contributed by atoms with Crippen LogP contribution in [0.4, 0.5) is 0 Å². The van der Waals surface area contributed by atoms with Gasteiger partial charge in [-0.2, -0.15) is 0 Å². The third-order valence-corrected chi connectivity index (χ3v) is 5.58.